The monoisotopic (exact) mass is 400 g/mol. The zero-order valence-electron chi connectivity index (χ0n) is 17.1. The van der Waals surface area contributed by atoms with Crippen LogP contribution in [0.15, 0.2) is 73.1 Å². The molecule has 1 aliphatic rings. The smallest absolute Gasteiger partial charge is 0.321 e. The molecule has 6 nitrogen and oxygen atoms in total. The molecule has 0 saturated heterocycles. The molecule has 4 rings (SSSR count). The second-order valence-electron chi connectivity index (χ2n) is 7.42. The molecule has 0 fully saturated rings. The molecule has 0 spiro atoms. The molecule has 1 aromatic heterocycles. The van der Waals surface area contributed by atoms with Crippen LogP contribution in [0.3, 0.4) is 0 Å². The minimum Gasteiger partial charge on any atom is -0.321 e. The van der Waals surface area contributed by atoms with E-state index in [2.05, 4.69) is 16.4 Å². The standard InChI is InChI=1S/C24H24N4O2/c1-17(20-9-6-13-25-16-20)27(2)24(30)26-21-10-5-8-19(15-21)23(29)28-14-12-18-7-3-4-11-22(18)28/h3-11,13,15-17H,12,14H2,1-2H3,(H,26,30). The molecule has 0 aliphatic carbocycles. The van der Waals surface area contributed by atoms with Crippen molar-refractivity contribution < 1.29 is 9.59 Å². The summed E-state index contributed by atoms with van der Waals surface area (Å²) in [6, 6.07) is 18.4. The number of hydrogen-bond donors (Lipinski definition) is 1. The Hall–Kier alpha value is -3.67. The van der Waals surface area contributed by atoms with Crippen molar-refractivity contribution in [2.24, 2.45) is 0 Å². The van der Waals surface area contributed by atoms with Gasteiger partial charge >= 0.3 is 6.03 Å². The molecule has 2 heterocycles. The molecule has 1 atom stereocenters. The van der Waals surface area contributed by atoms with E-state index in [-0.39, 0.29) is 18.0 Å². The molecule has 152 valence electrons. The van der Waals surface area contributed by atoms with Crippen molar-refractivity contribution in [1.29, 1.82) is 0 Å². The summed E-state index contributed by atoms with van der Waals surface area (Å²) in [5.74, 6) is -0.0619. The fourth-order valence-corrected chi connectivity index (χ4v) is 3.67. The van der Waals surface area contributed by atoms with E-state index in [4.69, 9.17) is 0 Å². The summed E-state index contributed by atoms with van der Waals surface area (Å²) < 4.78 is 0. The summed E-state index contributed by atoms with van der Waals surface area (Å²) in [5, 5.41) is 2.89. The molecule has 1 unspecified atom stereocenters. The largest absolute Gasteiger partial charge is 0.322 e. The molecule has 0 radical (unpaired) electrons. The Labute approximate surface area is 176 Å². The fraction of sp³-hybridized carbons (Fsp3) is 0.208. The van der Waals surface area contributed by atoms with E-state index in [1.54, 1.807) is 53.5 Å². The Kier molecular flexibility index (Phi) is 5.48. The van der Waals surface area contributed by atoms with Gasteiger partial charge in [0.2, 0.25) is 0 Å². The van der Waals surface area contributed by atoms with Crippen molar-refractivity contribution in [3.8, 4) is 0 Å². The molecule has 1 N–H and O–H groups in total. The number of anilines is 2. The number of para-hydroxylation sites is 1. The number of benzene rings is 2. The second-order valence-corrected chi connectivity index (χ2v) is 7.42. The minimum absolute atomic E-state index is 0.0619. The molecule has 3 aromatic rings. The number of fused-ring (bicyclic) bond motifs is 1. The summed E-state index contributed by atoms with van der Waals surface area (Å²) in [6.07, 6.45) is 4.31. The van der Waals surface area contributed by atoms with Gasteiger partial charge in [0.15, 0.2) is 0 Å². The first-order valence-corrected chi connectivity index (χ1v) is 9.98. The molecular weight excluding hydrogens is 376 g/mol. The van der Waals surface area contributed by atoms with Crippen LogP contribution in [0, 0.1) is 0 Å². The number of carbonyl (C=O) groups excluding carboxylic acids is 2. The van der Waals surface area contributed by atoms with Crippen LogP contribution in [-0.2, 0) is 6.42 Å². The highest BCUT2D eigenvalue weighted by atomic mass is 16.2. The molecular formula is C24H24N4O2. The topological polar surface area (TPSA) is 65.5 Å². The maximum absolute atomic E-state index is 13.1. The van der Waals surface area contributed by atoms with Gasteiger partial charge in [-0.3, -0.25) is 9.78 Å². The van der Waals surface area contributed by atoms with Crippen LogP contribution in [0.4, 0.5) is 16.2 Å². The number of urea groups is 1. The SMILES string of the molecule is CC(c1cccnc1)N(C)C(=O)Nc1cccc(C(=O)N2CCc3ccccc32)c1. The number of amides is 3. The normalized spacial score (nSPS) is 13.5. The minimum atomic E-state index is -0.248. The summed E-state index contributed by atoms with van der Waals surface area (Å²) in [7, 11) is 1.74. The van der Waals surface area contributed by atoms with E-state index in [0.29, 0.717) is 17.8 Å². The van der Waals surface area contributed by atoms with Crippen LogP contribution < -0.4 is 10.2 Å². The van der Waals surface area contributed by atoms with E-state index >= 15 is 0 Å². The molecule has 2 aromatic carbocycles. The van der Waals surface area contributed by atoms with Gasteiger partial charge in [0.25, 0.3) is 5.91 Å². The Morgan fingerprint density at radius 3 is 2.73 bits per heavy atom. The van der Waals surface area contributed by atoms with Gasteiger partial charge in [0.05, 0.1) is 6.04 Å². The first kappa shape index (κ1) is 19.6. The van der Waals surface area contributed by atoms with Gasteiger partial charge in [-0.1, -0.05) is 30.3 Å². The molecule has 1 aliphatic heterocycles. The average molecular weight is 400 g/mol. The van der Waals surface area contributed by atoms with Crippen molar-refractivity contribution in [2.75, 3.05) is 23.8 Å². The zero-order chi connectivity index (χ0) is 21.1. The molecule has 30 heavy (non-hydrogen) atoms. The molecule has 0 bridgehead atoms. The second kappa shape index (κ2) is 8.37. The van der Waals surface area contributed by atoms with Crippen LogP contribution in [0.1, 0.15) is 34.5 Å². The Morgan fingerprint density at radius 1 is 1.10 bits per heavy atom. The van der Waals surface area contributed by atoms with E-state index in [1.807, 2.05) is 37.3 Å². The Balaban J connectivity index is 1.47. The number of pyridine rings is 1. The number of hydrogen-bond acceptors (Lipinski definition) is 3. The molecule has 3 amide bonds. The lowest BCUT2D eigenvalue weighted by Crippen LogP contribution is -2.33. The lowest BCUT2D eigenvalue weighted by molar-refractivity contribution is 0.0989. The van der Waals surface area contributed by atoms with Crippen LogP contribution in [-0.4, -0.2) is 35.4 Å². The molecule has 6 heteroatoms. The van der Waals surface area contributed by atoms with Gasteiger partial charge in [-0.25, -0.2) is 4.79 Å². The quantitative estimate of drug-likeness (QED) is 0.701. The van der Waals surface area contributed by atoms with Gasteiger partial charge in [-0.2, -0.15) is 0 Å². The van der Waals surface area contributed by atoms with Gasteiger partial charge in [0.1, 0.15) is 0 Å². The first-order valence-electron chi connectivity index (χ1n) is 9.98. The van der Waals surface area contributed by atoms with Gasteiger partial charge < -0.3 is 15.1 Å². The Morgan fingerprint density at radius 2 is 1.93 bits per heavy atom. The van der Waals surface area contributed by atoms with Crippen molar-refractivity contribution in [3.63, 3.8) is 0 Å². The number of nitrogens with one attached hydrogen (secondary N) is 1. The van der Waals surface area contributed by atoms with Crippen LogP contribution >= 0.6 is 0 Å². The predicted octanol–water partition coefficient (Wildman–Crippen LogP) is 4.51. The maximum atomic E-state index is 13.1. The van der Waals surface area contributed by atoms with Crippen molar-refractivity contribution in [3.05, 3.63) is 89.7 Å². The summed E-state index contributed by atoms with van der Waals surface area (Å²) >= 11 is 0. The van der Waals surface area contributed by atoms with Gasteiger partial charge in [-0.05, 0) is 54.8 Å². The van der Waals surface area contributed by atoms with Gasteiger partial charge in [0, 0.05) is 42.9 Å². The van der Waals surface area contributed by atoms with E-state index in [9.17, 15) is 9.59 Å². The van der Waals surface area contributed by atoms with Crippen LogP contribution in [0.25, 0.3) is 0 Å². The third kappa shape index (κ3) is 3.89. The highest BCUT2D eigenvalue weighted by Crippen LogP contribution is 2.29. The number of carbonyl (C=O) groups is 2. The van der Waals surface area contributed by atoms with E-state index in [1.165, 1.54) is 5.56 Å². The van der Waals surface area contributed by atoms with E-state index in [0.717, 1.165) is 17.7 Å². The summed E-state index contributed by atoms with van der Waals surface area (Å²) in [6.45, 7) is 2.61. The van der Waals surface area contributed by atoms with Crippen molar-refractivity contribution in [1.82, 2.24) is 9.88 Å². The first-order chi connectivity index (χ1) is 14.5. The van der Waals surface area contributed by atoms with Crippen molar-refractivity contribution >= 4 is 23.3 Å². The number of rotatable bonds is 4. The maximum Gasteiger partial charge on any atom is 0.322 e. The highest BCUT2D eigenvalue weighted by molar-refractivity contribution is 6.08. The Bertz CT molecular complexity index is 1070. The summed E-state index contributed by atoms with van der Waals surface area (Å²) in [5.41, 5.74) is 4.23. The van der Waals surface area contributed by atoms with Gasteiger partial charge in [-0.15, -0.1) is 0 Å². The van der Waals surface area contributed by atoms with Crippen molar-refractivity contribution in [2.45, 2.75) is 19.4 Å². The average Bonchev–Trinajstić information content (AvgIpc) is 3.22. The van der Waals surface area contributed by atoms with Crippen LogP contribution in [0.2, 0.25) is 0 Å². The third-order valence-corrected chi connectivity index (χ3v) is 5.56. The third-order valence-electron chi connectivity index (χ3n) is 5.56. The lowest BCUT2D eigenvalue weighted by atomic mass is 10.1. The number of nitrogens with zero attached hydrogens (tertiary/aromatic N) is 3. The fourth-order valence-electron chi connectivity index (χ4n) is 3.67. The molecule has 0 saturated carbocycles. The number of aromatic nitrogens is 1. The lowest BCUT2D eigenvalue weighted by Gasteiger charge is -2.25. The zero-order valence-corrected chi connectivity index (χ0v) is 17.1. The van der Waals surface area contributed by atoms with Crippen LogP contribution in [0.5, 0.6) is 0 Å². The summed E-state index contributed by atoms with van der Waals surface area (Å²) in [4.78, 5) is 33.3. The highest BCUT2D eigenvalue weighted by Gasteiger charge is 2.25. The predicted molar refractivity (Wildman–Crippen MR) is 118 cm³/mol. The van der Waals surface area contributed by atoms with E-state index < -0.39 is 0 Å².